The van der Waals surface area contributed by atoms with Crippen LogP contribution in [0.3, 0.4) is 0 Å². The van der Waals surface area contributed by atoms with Crippen molar-refractivity contribution in [2.45, 2.75) is 27.4 Å². The fourth-order valence-electron chi connectivity index (χ4n) is 1.60. The number of ether oxygens (including phenoxy) is 1. The van der Waals surface area contributed by atoms with Gasteiger partial charge in [-0.3, -0.25) is 0 Å². The number of rotatable bonds is 3. The number of benzene rings is 1. The van der Waals surface area contributed by atoms with E-state index in [0.717, 1.165) is 11.1 Å². The quantitative estimate of drug-likeness (QED) is 0.745. The molecule has 0 aliphatic carbocycles. The van der Waals surface area contributed by atoms with Crippen LogP contribution in [0.25, 0.3) is 0 Å². The molecule has 0 spiro atoms. The van der Waals surface area contributed by atoms with Gasteiger partial charge in [0.1, 0.15) is 6.61 Å². The maximum atomic E-state index is 5.71. The molecule has 1 heterocycles. The molecule has 0 aromatic heterocycles. The zero-order valence-electron chi connectivity index (χ0n) is 11.1. The Labute approximate surface area is 108 Å². The van der Waals surface area contributed by atoms with Crippen LogP contribution < -0.4 is 4.67 Å². The fraction of sp³-hybridized carbons (Fsp3) is 0.312. The molecule has 0 saturated heterocycles. The first kappa shape index (κ1) is 12.4. The molecule has 18 heavy (non-hydrogen) atoms. The lowest BCUT2D eigenvalue weighted by Gasteiger charge is -2.16. The van der Waals surface area contributed by atoms with Crippen LogP contribution in [0.1, 0.15) is 26.3 Å². The molecule has 1 aromatic rings. The average Bonchev–Trinajstić information content (AvgIpc) is 2.37. The minimum Gasteiger partial charge on any atom is -0.476 e. The molecule has 0 radical (unpaired) electrons. The van der Waals surface area contributed by atoms with E-state index >= 15 is 0 Å². The van der Waals surface area contributed by atoms with Crippen molar-refractivity contribution in [2.75, 3.05) is 0 Å². The number of nitrogens with zero attached hydrogens (tertiary/aromatic N) is 1. The standard InChI is InChI=1S/C16H18NO/c1-16(2,3)14-9-15(11-17-10-14)18-12-13-7-5-4-6-8-13/h4-10H,12H2,1-3H3/q+1. The molecule has 0 amide bonds. The van der Waals surface area contributed by atoms with E-state index in [-0.39, 0.29) is 5.41 Å². The van der Waals surface area contributed by atoms with Gasteiger partial charge < -0.3 is 4.74 Å². The van der Waals surface area contributed by atoms with Gasteiger partial charge in [0.15, 0.2) is 0 Å². The van der Waals surface area contributed by atoms with Crippen LogP contribution in [0, 0.1) is 5.41 Å². The molecule has 0 saturated carbocycles. The van der Waals surface area contributed by atoms with Gasteiger partial charge in [0.25, 0.3) is 0 Å². The Bertz CT molecular complexity index is 549. The maximum Gasteiger partial charge on any atom is 0.358 e. The molecule has 0 unspecified atom stereocenters. The van der Waals surface area contributed by atoms with Gasteiger partial charge in [-0.15, -0.1) is 0 Å². The lowest BCUT2D eigenvalue weighted by Crippen LogP contribution is -2.14. The summed E-state index contributed by atoms with van der Waals surface area (Å²) in [6.45, 7) is 7.02. The van der Waals surface area contributed by atoms with Gasteiger partial charge in [-0.25, -0.2) is 0 Å². The second kappa shape index (κ2) is 5.10. The maximum absolute atomic E-state index is 5.71. The van der Waals surface area contributed by atoms with Crippen LogP contribution in [0.5, 0.6) is 0 Å². The summed E-state index contributed by atoms with van der Waals surface area (Å²) in [4.78, 5) is 0. The van der Waals surface area contributed by atoms with E-state index in [2.05, 4.69) is 31.3 Å². The lowest BCUT2D eigenvalue weighted by atomic mass is 9.86. The molecule has 1 aromatic carbocycles. The SMILES string of the molecule is CC(C)(C)C1=CC(OCc2ccccc2)=C=[N+]=C1. The van der Waals surface area contributed by atoms with Crippen molar-refractivity contribution in [2.24, 2.45) is 5.41 Å². The summed E-state index contributed by atoms with van der Waals surface area (Å²) in [6.07, 6.45) is 3.85. The molecular formula is C16H18NO+. The molecule has 2 nitrogen and oxygen atoms in total. The molecule has 0 N–H and O–H groups in total. The van der Waals surface area contributed by atoms with Crippen molar-refractivity contribution in [1.82, 2.24) is 4.67 Å². The Morgan fingerprint density at radius 2 is 1.89 bits per heavy atom. The fourth-order valence-corrected chi connectivity index (χ4v) is 1.60. The van der Waals surface area contributed by atoms with Crippen molar-refractivity contribution in [3.05, 3.63) is 53.3 Å². The molecule has 2 rings (SSSR count). The van der Waals surface area contributed by atoms with Crippen LogP contribution in [0.4, 0.5) is 0 Å². The van der Waals surface area contributed by atoms with Crippen molar-refractivity contribution in [1.29, 1.82) is 0 Å². The topological polar surface area (TPSA) is 23.3 Å². The highest BCUT2D eigenvalue weighted by Gasteiger charge is 2.22. The third-order valence-electron chi connectivity index (χ3n) is 2.77. The summed E-state index contributed by atoms with van der Waals surface area (Å²) in [5.74, 6) is 3.58. The first-order valence-corrected chi connectivity index (χ1v) is 6.10. The van der Waals surface area contributed by atoms with Crippen LogP contribution in [-0.2, 0) is 11.3 Å². The van der Waals surface area contributed by atoms with Crippen molar-refractivity contribution in [3.63, 3.8) is 0 Å². The predicted molar refractivity (Wildman–Crippen MR) is 75.5 cm³/mol. The van der Waals surface area contributed by atoms with Gasteiger partial charge in [-0.1, -0.05) is 51.1 Å². The Balaban J connectivity index is 2.06. The molecule has 0 atom stereocenters. The largest absolute Gasteiger partial charge is 0.476 e. The van der Waals surface area contributed by atoms with E-state index in [1.165, 1.54) is 0 Å². The summed E-state index contributed by atoms with van der Waals surface area (Å²) in [5, 5.41) is 0. The van der Waals surface area contributed by atoms with Crippen LogP contribution in [0.2, 0.25) is 0 Å². The predicted octanol–water partition coefficient (Wildman–Crippen LogP) is 2.88. The van der Waals surface area contributed by atoms with Gasteiger partial charge in [-0.2, -0.15) is 0 Å². The summed E-state index contributed by atoms with van der Waals surface area (Å²) in [5.41, 5.74) is 2.38. The van der Waals surface area contributed by atoms with Crippen LogP contribution in [-0.4, -0.2) is 12.1 Å². The second-order valence-electron chi connectivity index (χ2n) is 5.36. The Kier molecular flexibility index (Phi) is 3.53. The summed E-state index contributed by atoms with van der Waals surface area (Å²) in [6, 6.07) is 10.1. The minimum absolute atomic E-state index is 0.0763. The van der Waals surface area contributed by atoms with E-state index in [1.807, 2.05) is 42.6 Å². The molecule has 1 aliphatic rings. The van der Waals surface area contributed by atoms with E-state index in [0.29, 0.717) is 12.4 Å². The first-order chi connectivity index (χ1) is 8.55. The average molecular weight is 240 g/mol. The van der Waals surface area contributed by atoms with Crippen LogP contribution >= 0.6 is 0 Å². The van der Waals surface area contributed by atoms with E-state index in [9.17, 15) is 0 Å². The molecule has 0 fully saturated rings. The zero-order valence-corrected chi connectivity index (χ0v) is 11.1. The zero-order chi connectivity index (χ0) is 13.0. The lowest BCUT2D eigenvalue weighted by molar-refractivity contribution is 0.215. The smallest absolute Gasteiger partial charge is 0.358 e. The van der Waals surface area contributed by atoms with Crippen molar-refractivity contribution < 1.29 is 4.74 Å². The third-order valence-corrected chi connectivity index (χ3v) is 2.77. The molecule has 0 bridgehead atoms. The Hall–Kier alpha value is -2.01. The summed E-state index contributed by atoms with van der Waals surface area (Å²) < 4.78 is 9.82. The van der Waals surface area contributed by atoms with E-state index < -0.39 is 0 Å². The normalized spacial score (nSPS) is 14.2. The number of allylic oxidation sites excluding steroid dienone is 2. The highest BCUT2D eigenvalue weighted by Crippen LogP contribution is 2.24. The molecule has 92 valence electrons. The monoisotopic (exact) mass is 240 g/mol. The van der Waals surface area contributed by atoms with E-state index in [1.54, 1.807) is 0 Å². The number of hydrogen-bond acceptors (Lipinski definition) is 1. The summed E-state index contributed by atoms with van der Waals surface area (Å²) >= 11 is 0. The third kappa shape index (κ3) is 3.24. The Morgan fingerprint density at radius 3 is 2.56 bits per heavy atom. The van der Waals surface area contributed by atoms with Gasteiger partial charge in [-0.05, 0) is 15.6 Å². The second-order valence-corrected chi connectivity index (χ2v) is 5.36. The van der Waals surface area contributed by atoms with Gasteiger partial charge >= 0.3 is 12.1 Å². The first-order valence-electron chi connectivity index (χ1n) is 6.10. The van der Waals surface area contributed by atoms with Gasteiger partial charge in [0.2, 0.25) is 5.76 Å². The van der Waals surface area contributed by atoms with Gasteiger partial charge in [0.05, 0.1) is 0 Å². The number of hydrogen-bond donors (Lipinski definition) is 0. The molecule has 1 aliphatic heterocycles. The highest BCUT2D eigenvalue weighted by atomic mass is 16.5. The summed E-state index contributed by atoms with van der Waals surface area (Å²) in [7, 11) is 0. The van der Waals surface area contributed by atoms with E-state index in [4.69, 9.17) is 4.74 Å². The molecule has 2 heteroatoms. The van der Waals surface area contributed by atoms with Crippen LogP contribution in [0.15, 0.2) is 47.7 Å². The Morgan fingerprint density at radius 1 is 1.17 bits per heavy atom. The minimum atomic E-state index is 0.0763. The van der Waals surface area contributed by atoms with Crippen molar-refractivity contribution >= 4 is 12.1 Å². The highest BCUT2D eigenvalue weighted by molar-refractivity contribution is 5.85. The van der Waals surface area contributed by atoms with Crippen molar-refractivity contribution in [3.8, 4) is 0 Å². The molecular weight excluding hydrogens is 222 g/mol. The van der Waals surface area contributed by atoms with Gasteiger partial charge in [0, 0.05) is 11.6 Å².